The lowest BCUT2D eigenvalue weighted by atomic mass is 9.94. The standard InChI is InChI=1S/C23H31N5O3/c1-26-14-12-24-21(26)20(16-10-11-16)25-22(30)18-9-6-13-28(23(18)31)15-19(29)27(2)17-7-4-3-5-8-17/h6,9,12-14,16-17,20H,3-5,7-8,10-11,15H2,1-2H3,(H,25,30)/t20-/m1/s1. The summed E-state index contributed by atoms with van der Waals surface area (Å²) in [4.78, 5) is 44.9. The maximum atomic E-state index is 13.0. The minimum absolute atomic E-state index is 0.0514. The van der Waals surface area contributed by atoms with Crippen molar-refractivity contribution in [3.8, 4) is 0 Å². The number of nitrogens with one attached hydrogen (secondary N) is 1. The Bertz CT molecular complexity index is 1000. The Balaban J connectivity index is 1.48. The zero-order valence-electron chi connectivity index (χ0n) is 18.3. The number of carbonyl (C=O) groups is 2. The van der Waals surface area contributed by atoms with Crippen LogP contribution < -0.4 is 10.9 Å². The second-order valence-corrected chi connectivity index (χ2v) is 8.84. The topological polar surface area (TPSA) is 89.2 Å². The summed E-state index contributed by atoms with van der Waals surface area (Å²) in [5.74, 6) is 0.598. The van der Waals surface area contributed by atoms with Crippen molar-refractivity contribution in [1.82, 2.24) is 24.3 Å². The average molecular weight is 426 g/mol. The molecule has 2 saturated carbocycles. The van der Waals surface area contributed by atoms with Gasteiger partial charge in [-0.25, -0.2) is 4.98 Å². The number of carbonyl (C=O) groups excluding carboxylic acids is 2. The fourth-order valence-electron chi connectivity index (χ4n) is 4.48. The van der Waals surface area contributed by atoms with Crippen LogP contribution in [0.25, 0.3) is 0 Å². The summed E-state index contributed by atoms with van der Waals surface area (Å²) in [6, 6.07) is 3.18. The molecule has 4 rings (SSSR count). The molecule has 8 heteroatoms. The Morgan fingerprint density at radius 2 is 1.94 bits per heavy atom. The van der Waals surface area contributed by atoms with Crippen molar-refractivity contribution < 1.29 is 9.59 Å². The van der Waals surface area contributed by atoms with Crippen molar-refractivity contribution in [3.05, 3.63) is 52.5 Å². The summed E-state index contributed by atoms with van der Waals surface area (Å²) >= 11 is 0. The number of nitrogens with zero attached hydrogens (tertiary/aromatic N) is 4. The summed E-state index contributed by atoms with van der Waals surface area (Å²) in [5.41, 5.74) is -0.393. The molecule has 8 nitrogen and oxygen atoms in total. The third-order valence-electron chi connectivity index (χ3n) is 6.60. The Morgan fingerprint density at radius 3 is 2.58 bits per heavy atom. The molecule has 2 aromatic heterocycles. The van der Waals surface area contributed by atoms with Gasteiger partial charge in [-0.3, -0.25) is 14.4 Å². The molecule has 2 aromatic rings. The number of aryl methyl sites for hydroxylation is 1. The highest BCUT2D eigenvalue weighted by Crippen LogP contribution is 2.40. The Kier molecular flexibility index (Phi) is 6.25. The van der Waals surface area contributed by atoms with Crippen LogP contribution in [-0.2, 0) is 18.4 Å². The van der Waals surface area contributed by atoms with E-state index in [1.54, 1.807) is 23.4 Å². The van der Waals surface area contributed by atoms with Crippen molar-refractivity contribution in [2.75, 3.05) is 7.05 Å². The summed E-state index contributed by atoms with van der Waals surface area (Å²) in [6.07, 6.45) is 12.7. The lowest BCUT2D eigenvalue weighted by Crippen LogP contribution is -2.42. The molecule has 2 amide bonds. The van der Waals surface area contributed by atoms with Gasteiger partial charge >= 0.3 is 0 Å². The van der Waals surface area contributed by atoms with E-state index in [1.807, 2.05) is 24.9 Å². The first-order valence-electron chi connectivity index (χ1n) is 11.2. The van der Waals surface area contributed by atoms with Crippen LogP contribution in [0.1, 0.15) is 67.2 Å². The number of pyridine rings is 1. The first-order valence-corrected chi connectivity index (χ1v) is 11.2. The number of rotatable bonds is 7. The highest BCUT2D eigenvalue weighted by molar-refractivity contribution is 5.94. The van der Waals surface area contributed by atoms with E-state index in [9.17, 15) is 14.4 Å². The molecule has 2 aliphatic carbocycles. The van der Waals surface area contributed by atoms with Crippen LogP contribution in [0.5, 0.6) is 0 Å². The van der Waals surface area contributed by atoms with Crippen molar-refractivity contribution in [3.63, 3.8) is 0 Å². The SMILES string of the molecule is CN(C(=O)Cn1cccc(C(=O)N[C@@H](c2nccn2C)C2CC2)c1=O)C1CCCCC1. The lowest BCUT2D eigenvalue weighted by Gasteiger charge is -2.31. The molecule has 1 N–H and O–H groups in total. The molecule has 166 valence electrons. The molecule has 0 unspecified atom stereocenters. The van der Waals surface area contributed by atoms with E-state index in [1.165, 1.54) is 17.1 Å². The quantitative estimate of drug-likeness (QED) is 0.737. The zero-order chi connectivity index (χ0) is 22.0. The van der Waals surface area contributed by atoms with Crippen LogP contribution >= 0.6 is 0 Å². The van der Waals surface area contributed by atoms with Crippen LogP contribution in [0.15, 0.2) is 35.5 Å². The normalized spacial score (nSPS) is 17.9. The monoisotopic (exact) mass is 425 g/mol. The van der Waals surface area contributed by atoms with Gasteiger partial charge in [-0.1, -0.05) is 19.3 Å². The molecule has 2 aliphatic rings. The van der Waals surface area contributed by atoms with Gasteiger partial charge < -0.3 is 19.4 Å². The van der Waals surface area contributed by atoms with Gasteiger partial charge in [0.2, 0.25) is 5.91 Å². The van der Waals surface area contributed by atoms with Crippen LogP contribution in [0.4, 0.5) is 0 Å². The van der Waals surface area contributed by atoms with Gasteiger partial charge in [0, 0.05) is 38.7 Å². The number of hydrogen-bond acceptors (Lipinski definition) is 4. The van der Waals surface area contributed by atoms with Crippen LogP contribution in [0.2, 0.25) is 0 Å². The Morgan fingerprint density at radius 1 is 1.19 bits per heavy atom. The third-order valence-corrected chi connectivity index (χ3v) is 6.60. The van der Waals surface area contributed by atoms with Crippen LogP contribution in [0.3, 0.4) is 0 Å². The van der Waals surface area contributed by atoms with Crippen molar-refractivity contribution in [1.29, 1.82) is 0 Å². The Hall–Kier alpha value is -2.90. The van der Waals surface area contributed by atoms with Crippen LogP contribution in [0, 0.1) is 5.92 Å². The first-order chi connectivity index (χ1) is 15.0. The van der Waals surface area contributed by atoms with E-state index < -0.39 is 11.5 Å². The van der Waals surface area contributed by atoms with E-state index in [2.05, 4.69) is 10.3 Å². The smallest absolute Gasteiger partial charge is 0.263 e. The summed E-state index contributed by atoms with van der Waals surface area (Å²) in [7, 11) is 3.71. The van der Waals surface area contributed by atoms with Gasteiger partial charge in [0.05, 0.1) is 6.04 Å². The molecule has 0 spiro atoms. The minimum Gasteiger partial charge on any atom is -0.342 e. The third kappa shape index (κ3) is 4.73. The molecule has 0 saturated heterocycles. The number of likely N-dealkylation sites (N-methyl/N-ethyl adjacent to an activating group) is 1. The predicted molar refractivity (Wildman–Crippen MR) is 116 cm³/mol. The number of imidazole rings is 1. The predicted octanol–water partition coefficient (Wildman–Crippen LogP) is 2.25. The Labute approximate surface area is 182 Å². The van der Waals surface area contributed by atoms with E-state index in [4.69, 9.17) is 0 Å². The summed E-state index contributed by atoms with van der Waals surface area (Å²) < 4.78 is 3.23. The second-order valence-electron chi connectivity index (χ2n) is 8.84. The maximum absolute atomic E-state index is 13.0. The molecule has 2 fully saturated rings. The minimum atomic E-state index is -0.445. The number of amides is 2. The molecule has 0 aliphatic heterocycles. The first kappa shape index (κ1) is 21.3. The molecule has 0 aromatic carbocycles. The molecular formula is C23H31N5O3. The molecule has 2 heterocycles. The van der Waals surface area contributed by atoms with Gasteiger partial charge in [-0.05, 0) is 43.7 Å². The van der Waals surface area contributed by atoms with E-state index in [0.717, 1.165) is 44.3 Å². The van der Waals surface area contributed by atoms with Crippen molar-refractivity contribution in [2.45, 2.75) is 63.6 Å². The number of hydrogen-bond donors (Lipinski definition) is 1. The molecule has 1 atom stereocenters. The van der Waals surface area contributed by atoms with Gasteiger partial charge in [-0.15, -0.1) is 0 Å². The molecular weight excluding hydrogens is 394 g/mol. The maximum Gasteiger partial charge on any atom is 0.263 e. The summed E-state index contributed by atoms with van der Waals surface area (Å²) in [5, 5.41) is 3.00. The molecule has 0 radical (unpaired) electrons. The summed E-state index contributed by atoms with van der Waals surface area (Å²) in [6.45, 7) is -0.0572. The molecule has 31 heavy (non-hydrogen) atoms. The van der Waals surface area contributed by atoms with Crippen molar-refractivity contribution in [2.24, 2.45) is 13.0 Å². The highest BCUT2D eigenvalue weighted by atomic mass is 16.2. The largest absolute Gasteiger partial charge is 0.342 e. The van der Waals surface area contributed by atoms with Crippen molar-refractivity contribution >= 4 is 11.8 Å². The fourth-order valence-corrected chi connectivity index (χ4v) is 4.48. The van der Waals surface area contributed by atoms with Gasteiger partial charge in [-0.2, -0.15) is 0 Å². The fraction of sp³-hybridized carbons (Fsp3) is 0.565. The van der Waals surface area contributed by atoms with Gasteiger partial charge in [0.25, 0.3) is 11.5 Å². The highest BCUT2D eigenvalue weighted by Gasteiger charge is 2.36. The van der Waals surface area contributed by atoms with Gasteiger partial charge in [0.15, 0.2) is 0 Å². The van der Waals surface area contributed by atoms with Gasteiger partial charge in [0.1, 0.15) is 17.9 Å². The van der Waals surface area contributed by atoms with E-state index >= 15 is 0 Å². The second kappa shape index (κ2) is 9.08. The van der Waals surface area contributed by atoms with Crippen LogP contribution in [-0.4, -0.2) is 43.9 Å². The zero-order valence-corrected chi connectivity index (χ0v) is 18.3. The van der Waals surface area contributed by atoms with E-state index in [0.29, 0.717) is 5.92 Å². The van der Waals surface area contributed by atoms with E-state index in [-0.39, 0.29) is 30.1 Å². The lowest BCUT2D eigenvalue weighted by molar-refractivity contribution is -0.133. The average Bonchev–Trinajstić information content (AvgIpc) is 3.54. The number of aromatic nitrogens is 3. The molecule has 0 bridgehead atoms.